The number of nitrogens with zero attached hydrogens (tertiary/aromatic N) is 1. The molecule has 5 nitrogen and oxygen atoms in total. The summed E-state index contributed by atoms with van der Waals surface area (Å²) in [4.78, 5) is 10.2. The van der Waals surface area contributed by atoms with Crippen LogP contribution in [-0.4, -0.2) is 24.7 Å². The average molecular weight is 208 g/mol. The van der Waals surface area contributed by atoms with Crippen LogP contribution >= 0.6 is 0 Å². The summed E-state index contributed by atoms with van der Waals surface area (Å²) in [5.74, 6) is 0. The molecule has 0 amide bonds. The van der Waals surface area contributed by atoms with E-state index in [2.05, 4.69) is 5.32 Å². The van der Waals surface area contributed by atoms with Gasteiger partial charge in [0, 0.05) is 18.7 Å². The van der Waals surface area contributed by atoms with Gasteiger partial charge in [-0.15, -0.1) is 0 Å². The summed E-state index contributed by atoms with van der Waals surface area (Å²) in [6.45, 7) is 2.06. The lowest BCUT2D eigenvalue weighted by Crippen LogP contribution is -2.34. The molecule has 1 aromatic rings. The van der Waals surface area contributed by atoms with Gasteiger partial charge in [0.05, 0.1) is 24.2 Å². The van der Waals surface area contributed by atoms with Crippen molar-refractivity contribution in [1.29, 1.82) is 0 Å². The van der Waals surface area contributed by atoms with Gasteiger partial charge in [-0.25, -0.2) is 0 Å². The smallest absolute Gasteiger partial charge is 0.269 e. The third-order valence-corrected chi connectivity index (χ3v) is 2.41. The minimum absolute atomic E-state index is 0.0682. The van der Waals surface area contributed by atoms with E-state index in [4.69, 9.17) is 4.74 Å². The summed E-state index contributed by atoms with van der Waals surface area (Å²) in [5.41, 5.74) is 1.03. The van der Waals surface area contributed by atoms with Crippen molar-refractivity contribution in [3.8, 4) is 0 Å². The molecule has 0 bridgehead atoms. The third-order valence-electron chi connectivity index (χ3n) is 2.41. The van der Waals surface area contributed by atoms with E-state index in [1.807, 2.05) is 6.07 Å². The molecule has 0 radical (unpaired) electrons. The Bertz CT molecular complexity index is 361. The van der Waals surface area contributed by atoms with E-state index < -0.39 is 0 Å². The maximum atomic E-state index is 10.6. The Hall–Kier alpha value is -1.46. The van der Waals surface area contributed by atoms with Crippen molar-refractivity contribution in [2.45, 2.75) is 6.04 Å². The van der Waals surface area contributed by atoms with E-state index >= 15 is 0 Å². The second-order valence-corrected chi connectivity index (χ2v) is 3.43. The minimum atomic E-state index is -0.382. The molecule has 1 aliphatic heterocycles. The summed E-state index contributed by atoms with van der Waals surface area (Å²) in [6, 6.07) is 6.72. The number of hydrogen-bond acceptors (Lipinski definition) is 4. The van der Waals surface area contributed by atoms with E-state index in [-0.39, 0.29) is 16.7 Å². The Labute approximate surface area is 87.2 Å². The predicted octanol–water partition coefficient (Wildman–Crippen LogP) is 1.26. The van der Waals surface area contributed by atoms with Crippen molar-refractivity contribution in [2.75, 3.05) is 19.8 Å². The summed E-state index contributed by atoms with van der Waals surface area (Å²) >= 11 is 0. The van der Waals surface area contributed by atoms with Crippen LogP contribution in [0.25, 0.3) is 0 Å². The minimum Gasteiger partial charge on any atom is -0.378 e. The first-order valence-electron chi connectivity index (χ1n) is 4.83. The number of rotatable bonds is 2. The summed E-state index contributed by atoms with van der Waals surface area (Å²) in [5, 5.41) is 13.8. The lowest BCUT2D eigenvalue weighted by Gasteiger charge is -2.23. The fraction of sp³-hybridized carbons (Fsp3) is 0.400. The summed E-state index contributed by atoms with van der Waals surface area (Å²) in [6.07, 6.45) is 0. The number of benzene rings is 1. The number of nitro benzene ring substituents is 1. The van der Waals surface area contributed by atoms with Crippen molar-refractivity contribution in [2.24, 2.45) is 0 Å². The Morgan fingerprint density at radius 2 is 2.40 bits per heavy atom. The standard InChI is InChI=1S/C10H12N2O3/c13-12(14)9-3-1-2-8(6-9)10-7-15-5-4-11-10/h1-3,6,10-11H,4-5,7H2/t10-/m1/s1. The van der Waals surface area contributed by atoms with Gasteiger partial charge in [0.1, 0.15) is 0 Å². The van der Waals surface area contributed by atoms with Gasteiger partial charge in [-0.3, -0.25) is 10.1 Å². The van der Waals surface area contributed by atoms with Crippen LogP contribution in [0.15, 0.2) is 24.3 Å². The van der Waals surface area contributed by atoms with E-state index in [1.54, 1.807) is 12.1 Å². The van der Waals surface area contributed by atoms with Gasteiger partial charge < -0.3 is 10.1 Å². The SMILES string of the molecule is O=[N+]([O-])c1cccc([C@H]2COCCN2)c1. The Morgan fingerprint density at radius 3 is 3.07 bits per heavy atom. The second-order valence-electron chi connectivity index (χ2n) is 3.43. The van der Waals surface area contributed by atoms with E-state index in [0.717, 1.165) is 12.1 Å². The first kappa shape index (κ1) is 10.1. The van der Waals surface area contributed by atoms with Crippen LogP contribution in [0.3, 0.4) is 0 Å². The van der Waals surface area contributed by atoms with Gasteiger partial charge in [-0.1, -0.05) is 12.1 Å². The fourth-order valence-electron chi connectivity index (χ4n) is 1.63. The zero-order valence-electron chi connectivity index (χ0n) is 8.18. The molecule has 1 aliphatic rings. The van der Waals surface area contributed by atoms with Crippen LogP contribution in [0, 0.1) is 10.1 Å². The molecule has 15 heavy (non-hydrogen) atoms. The van der Waals surface area contributed by atoms with Crippen LogP contribution in [0.2, 0.25) is 0 Å². The van der Waals surface area contributed by atoms with Gasteiger partial charge in [0.25, 0.3) is 5.69 Å². The number of non-ortho nitro benzene ring substituents is 1. The fourth-order valence-corrected chi connectivity index (χ4v) is 1.63. The van der Waals surface area contributed by atoms with Gasteiger partial charge in [-0.05, 0) is 5.56 Å². The highest BCUT2D eigenvalue weighted by Gasteiger charge is 2.17. The molecule has 0 aliphatic carbocycles. The van der Waals surface area contributed by atoms with Crippen molar-refractivity contribution in [3.05, 3.63) is 39.9 Å². The molecule has 1 atom stereocenters. The number of nitro groups is 1. The number of nitrogens with one attached hydrogen (secondary N) is 1. The van der Waals surface area contributed by atoms with Crippen molar-refractivity contribution < 1.29 is 9.66 Å². The van der Waals surface area contributed by atoms with E-state index in [9.17, 15) is 10.1 Å². The highest BCUT2D eigenvalue weighted by molar-refractivity contribution is 5.35. The van der Waals surface area contributed by atoms with Crippen molar-refractivity contribution >= 4 is 5.69 Å². The Balaban J connectivity index is 2.19. The zero-order valence-corrected chi connectivity index (χ0v) is 8.18. The van der Waals surface area contributed by atoms with Gasteiger partial charge >= 0.3 is 0 Å². The zero-order chi connectivity index (χ0) is 10.7. The van der Waals surface area contributed by atoms with Crippen LogP contribution < -0.4 is 5.32 Å². The lowest BCUT2D eigenvalue weighted by molar-refractivity contribution is -0.384. The van der Waals surface area contributed by atoms with E-state index in [0.29, 0.717) is 13.2 Å². The second kappa shape index (κ2) is 4.37. The molecular weight excluding hydrogens is 196 g/mol. The molecule has 5 heteroatoms. The first-order valence-corrected chi connectivity index (χ1v) is 4.83. The molecule has 1 heterocycles. The lowest BCUT2D eigenvalue weighted by atomic mass is 10.1. The number of ether oxygens (including phenoxy) is 1. The van der Waals surface area contributed by atoms with Crippen LogP contribution in [-0.2, 0) is 4.74 Å². The van der Waals surface area contributed by atoms with Crippen molar-refractivity contribution in [3.63, 3.8) is 0 Å². The molecule has 80 valence electrons. The normalized spacial score (nSPS) is 21.2. The highest BCUT2D eigenvalue weighted by Crippen LogP contribution is 2.20. The Kier molecular flexibility index (Phi) is 2.94. The topological polar surface area (TPSA) is 64.4 Å². The maximum absolute atomic E-state index is 10.6. The third kappa shape index (κ3) is 2.31. The largest absolute Gasteiger partial charge is 0.378 e. The monoisotopic (exact) mass is 208 g/mol. The van der Waals surface area contributed by atoms with Gasteiger partial charge in [0.15, 0.2) is 0 Å². The van der Waals surface area contributed by atoms with Crippen LogP contribution in [0.4, 0.5) is 5.69 Å². The Morgan fingerprint density at radius 1 is 1.53 bits per heavy atom. The van der Waals surface area contributed by atoms with Gasteiger partial charge in [-0.2, -0.15) is 0 Å². The molecule has 2 rings (SSSR count). The predicted molar refractivity (Wildman–Crippen MR) is 54.7 cm³/mol. The molecule has 0 unspecified atom stereocenters. The molecule has 0 spiro atoms. The van der Waals surface area contributed by atoms with Crippen molar-refractivity contribution in [1.82, 2.24) is 5.32 Å². The first-order chi connectivity index (χ1) is 7.27. The average Bonchev–Trinajstić information content (AvgIpc) is 2.30. The summed E-state index contributed by atoms with van der Waals surface area (Å²) < 4.78 is 5.30. The molecule has 0 aromatic heterocycles. The van der Waals surface area contributed by atoms with Crippen LogP contribution in [0.5, 0.6) is 0 Å². The number of hydrogen-bond donors (Lipinski definition) is 1. The molecular formula is C10H12N2O3. The van der Waals surface area contributed by atoms with Gasteiger partial charge in [0.2, 0.25) is 0 Å². The van der Waals surface area contributed by atoms with Crippen LogP contribution in [0.1, 0.15) is 11.6 Å². The highest BCUT2D eigenvalue weighted by atomic mass is 16.6. The quantitative estimate of drug-likeness (QED) is 0.587. The molecule has 0 saturated carbocycles. The molecule has 1 fully saturated rings. The number of morpholine rings is 1. The van der Waals surface area contributed by atoms with E-state index in [1.165, 1.54) is 6.07 Å². The molecule has 1 aromatic carbocycles. The maximum Gasteiger partial charge on any atom is 0.269 e. The molecule has 1 N–H and O–H groups in total. The molecule has 1 saturated heterocycles. The summed E-state index contributed by atoms with van der Waals surface area (Å²) in [7, 11) is 0.